The Bertz CT molecular complexity index is 646. The number of aryl methyl sites for hydroxylation is 1. The molecule has 6 heteroatoms. The summed E-state index contributed by atoms with van der Waals surface area (Å²) in [5.41, 5.74) is 0.354. The van der Waals surface area contributed by atoms with Crippen LogP contribution < -0.4 is 4.90 Å². The van der Waals surface area contributed by atoms with E-state index in [2.05, 4.69) is 0 Å². The van der Waals surface area contributed by atoms with E-state index < -0.39 is 18.2 Å². The van der Waals surface area contributed by atoms with Crippen molar-refractivity contribution < 1.29 is 23.1 Å². The van der Waals surface area contributed by atoms with Crippen LogP contribution in [-0.4, -0.2) is 29.3 Å². The lowest BCUT2D eigenvalue weighted by molar-refractivity contribution is -0.134. The molecule has 0 unspecified atom stereocenters. The van der Waals surface area contributed by atoms with Crippen LogP contribution in [0.25, 0.3) is 0 Å². The van der Waals surface area contributed by atoms with Crippen molar-refractivity contribution in [3.63, 3.8) is 0 Å². The van der Waals surface area contributed by atoms with Crippen molar-refractivity contribution in [3.8, 4) is 0 Å². The lowest BCUT2D eigenvalue weighted by Crippen LogP contribution is -2.43. The summed E-state index contributed by atoms with van der Waals surface area (Å²) < 4.78 is 37.0. The van der Waals surface area contributed by atoms with E-state index in [0.717, 1.165) is 12.1 Å². The number of aliphatic hydroxyl groups is 1. The third kappa shape index (κ3) is 3.90. The third-order valence-electron chi connectivity index (χ3n) is 6.25. The quantitative estimate of drug-likeness (QED) is 0.841. The second kappa shape index (κ2) is 6.87. The molecule has 1 aliphatic heterocycles. The van der Waals surface area contributed by atoms with Gasteiger partial charge in [0.1, 0.15) is 0 Å². The number of hydrogen-bond donors (Lipinski definition) is 1. The SMILES string of the molecule is CC[C@]1(O)CC[C@]2(CCN(c3ccc(CCC(F)(F)F)cc3)C2=O)CC1. The van der Waals surface area contributed by atoms with Crippen molar-refractivity contribution in [2.45, 2.75) is 70.1 Å². The molecule has 1 heterocycles. The first-order valence-corrected chi connectivity index (χ1v) is 9.37. The summed E-state index contributed by atoms with van der Waals surface area (Å²) in [6.07, 6.45) is -0.833. The first kappa shape index (κ1) is 19.2. The maximum atomic E-state index is 13.0. The van der Waals surface area contributed by atoms with Crippen LogP contribution in [0.3, 0.4) is 0 Å². The Morgan fingerprint density at radius 2 is 1.69 bits per heavy atom. The van der Waals surface area contributed by atoms with Crippen LogP contribution in [0.15, 0.2) is 24.3 Å². The Morgan fingerprint density at radius 3 is 2.23 bits per heavy atom. The van der Waals surface area contributed by atoms with E-state index in [9.17, 15) is 23.1 Å². The molecule has 26 heavy (non-hydrogen) atoms. The fourth-order valence-corrected chi connectivity index (χ4v) is 4.21. The molecule has 0 atom stereocenters. The molecule has 0 radical (unpaired) electrons. The Kier molecular flexibility index (Phi) is 5.08. The molecule has 2 aliphatic rings. The number of anilines is 1. The molecule has 1 saturated carbocycles. The lowest BCUT2D eigenvalue weighted by Gasteiger charge is -2.40. The van der Waals surface area contributed by atoms with E-state index >= 15 is 0 Å². The molecule has 1 saturated heterocycles. The highest BCUT2D eigenvalue weighted by molar-refractivity contribution is 6.00. The predicted molar refractivity (Wildman–Crippen MR) is 93.9 cm³/mol. The van der Waals surface area contributed by atoms with E-state index in [4.69, 9.17) is 0 Å². The molecule has 1 aliphatic carbocycles. The summed E-state index contributed by atoms with van der Waals surface area (Å²) in [7, 11) is 0. The second-order valence-corrected chi connectivity index (χ2v) is 7.85. The highest BCUT2D eigenvalue weighted by Gasteiger charge is 2.51. The molecular weight excluding hydrogens is 343 g/mol. The highest BCUT2D eigenvalue weighted by Crippen LogP contribution is 2.49. The molecule has 144 valence electrons. The standard InChI is InChI=1S/C20H26F3NO2/c1-2-19(26)11-9-18(10-12-19)13-14-24(17(18)25)16-5-3-15(4-6-16)7-8-20(21,22)23/h3-6,26H,2,7-14H2,1H3/t18-,19+. The Morgan fingerprint density at radius 1 is 1.08 bits per heavy atom. The van der Waals surface area contributed by atoms with Crippen molar-refractivity contribution in [1.82, 2.24) is 0 Å². The summed E-state index contributed by atoms with van der Waals surface area (Å²) in [6.45, 7) is 2.60. The minimum absolute atomic E-state index is 0.0444. The minimum atomic E-state index is -4.16. The summed E-state index contributed by atoms with van der Waals surface area (Å²) in [5, 5.41) is 10.4. The van der Waals surface area contributed by atoms with E-state index in [1.807, 2.05) is 6.92 Å². The minimum Gasteiger partial charge on any atom is -0.390 e. The van der Waals surface area contributed by atoms with Crippen molar-refractivity contribution in [1.29, 1.82) is 0 Å². The van der Waals surface area contributed by atoms with Gasteiger partial charge >= 0.3 is 6.18 Å². The van der Waals surface area contributed by atoms with Gasteiger partial charge in [0, 0.05) is 18.7 Å². The number of benzene rings is 1. The van der Waals surface area contributed by atoms with Gasteiger partial charge in [0.15, 0.2) is 0 Å². The van der Waals surface area contributed by atoms with Crippen molar-refractivity contribution in [2.24, 2.45) is 5.41 Å². The molecule has 1 aromatic rings. The van der Waals surface area contributed by atoms with Crippen LogP contribution in [0.4, 0.5) is 18.9 Å². The highest BCUT2D eigenvalue weighted by atomic mass is 19.4. The molecule has 1 amide bonds. The number of hydrogen-bond acceptors (Lipinski definition) is 2. The van der Waals surface area contributed by atoms with Gasteiger partial charge in [-0.3, -0.25) is 4.79 Å². The van der Waals surface area contributed by atoms with Gasteiger partial charge in [-0.1, -0.05) is 19.1 Å². The van der Waals surface area contributed by atoms with Crippen LogP contribution in [0, 0.1) is 5.41 Å². The third-order valence-corrected chi connectivity index (χ3v) is 6.25. The number of carbonyl (C=O) groups excluding carboxylic acids is 1. The van der Waals surface area contributed by atoms with Crippen LogP contribution >= 0.6 is 0 Å². The van der Waals surface area contributed by atoms with Gasteiger partial charge in [0.05, 0.1) is 11.0 Å². The summed E-state index contributed by atoms with van der Waals surface area (Å²) in [4.78, 5) is 14.8. The fourth-order valence-electron chi connectivity index (χ4n) is 4.21. The number of halogens is 3. The monoisotopic (exact) mass is 369 g/mol. The Balaban J connectivity index is 1.65. The maximum absolute atomic E-state index is 13.0. The summed E-state index contributed by atoms with van der Waals surface area (Å²) in [6, 6.07) is 6.84. The van der Waals surface area contributed by atoms with E-state index in [1.165, 1.54) is 0 Å². The van der Waals surface area contributed by atoms with Gasteiger partial charge in [0.2, 0.25) is 5.91 Å². The second-order valence-electron chi connectivity index (χ2n) is 7.85. The van der Waals surface area contributed by atoms with E-state index in [-0.39, 0.29) is 17.7 Å². The van der Waals surface area contributed by atoms with Gasteiger partial charge in [-0.05, 0) is 62.6 Å². The molecule has 1 spiro atoms. The first-order chi connectivity index (χ1) is 12.2. The van der Waals surface area contributed by atoms with Crippen LogP contribution in [0.2, 0.25) is 0 Å². The zero-order valence-electron chi connectivity index (χ0n) is 15.1. The largest absolute Gasteiger partial charge is 0.390 e. The zero-order chi connectivity index (χ0) is 19.0. The Labute approximate surface area is 152 Å². The number of nitrogens with zero attached hydrogens (tertiary/aromatic N) is 1. The summed E-state index contributed by atoms with van der Waals surface area (Å²) >= 11 is 0. The molecule has 3 rings (SSSR count). The smallest absolute Gasteiger partial charge is 0.389 e. The molecule has 1 N–H and O–H groups in total. The fraction of sp³-hybridized carbons (Fsp3) is 0.650. The number of rotatable bonds is 4. The molecule has 1 aromatic carbocycles. The average molecular weight is 369 g/mol. The normalized spacial score (nSPS) is 29.6. The van der Waals surface area contributed by atoms with Crippen LogP contribution in [-0.2, 0) is 11.2 Å². The van der Waals surface area contributed by atoms with Gasteiger partial charge in [-0.25, -0.2) is 0 Å². The molecule has 2 fully saturated rings. The molecule has 0 aromatic heterocycles. The van der Waals surface area contributed by atoms with Gasteiger partial charge < -0.3 is 10.0 Å². The van der Waals surface area contributed by atoms with Crippen molar-refractivity contribution >= 4 is 11.6 Å². The average Bonchev–Trinajstić information content (AvgIpc) is 2.93. The van der Waals surface area contributed by atoms with Gasteiger partial charge in [-0.2, -0.15) is 13.2 Å². The number of alkyl halides is 3. The predicted octanol–water partition coefficient (Wildman–Crippen LogP) is 4.62. The first-order valence-electron chi connectivity index (χ1n) is 9.37. The molecule has 3 nitrogen and oxygen atoms in total. The van der Waals surface area contributed by atoms with Crippen molar-refractivity contribution in [3.05, 3.63) is 29.8 Å². The topological polar surface area (TPSA) is 40.5 Å². The van der Waals surface area contributed by atoms with Crippen LogP contribution in [0.1, 0.15) is 57.4 Å². The number of amides is 1. The molecule has 0 bridgehead atoms. The van der Waals surface area contributed by atoms with E-state index in [0.29, 0.717) is 44.2 Å². The number of carbonyl (C=O) groups is 1. The maximum Gasteiger partial charge on any atom is 0.389 e. The van der Waals surface area contributed by atoms with Gasteiger partial charge in [0.25, 0.3) is 0 Å². The lowest BCUT2D eigenvalue weighted by atomic mass is 9.67. The van der Waals surface area contributed by atoms with E-state index in [1.54, 1.807) is 29.2 Å². The van der Waals surface area contributed by atoms with Crippen molar-refractivity contribution in [2.75, 3.05) is 11.4 Å². The van der Waals surface area contributed by atoms with Gasteiger partial charge in [-0.15, -0.1) is 0 Å². The zero-order valence-corrected chi connectivity index (χ0v) is 15.1. The molecular formula is C20H26F3NO2. The van der Waals surface area contributed by atoms with Crippen LogP contribution in [0.5, 0.6) is 0 Å². The summed E-state index contributed by atoms with van der Waals surface area (Å²) in [5.74, 6) is 0.0960. The Hall–Kier alpha value is -1.56.